The Hall–Kier alpha value is -4.47. The van der Waals surface area contributed by atoms with E-state index in [1.807, 2.05) is 30.0 Å². The number of hydrogen-bond donors (Lipinski definition) is 1. The molecule has 0 spiro atoms. The van der Waals surface area contributed by atoms with Crippen molar-refractivity contribution >= 4 is 56.6 Å². The topological polar surface area (TPSA) is 109 Å². The highest BCUT2D eigenvalue weighted by Gasteiger charge is 2.51. The number of nitriles is 1. The zero-order valence-corrected chi connectivity index (χ0v) is 32.8. The van der Waals surface area contributed by atoms with Gasteiger partial charge < -0.3 is 29.2 Å². The molecule has 11 rings (SSSR count). The number of ether oxygens (including phenoxy) is 2. The van der Waals surface area contributed by atoms with Crippen LogP contribution in [0.2, 0.25) is 10.0 Å². The number of aromatic nitrogens is 3. The lowest BCUT2D eigenvalue weighted by molar-refractivity contribution is -0.133. The van der Waals surface area contributed by atoms with Crippen LogP contribution in [0.15, 0.2) is 48.7 Å². The molecule has 6 fully saturated rings. The molecule has 4 saturated heterocycles. The molecular formula is C43H42Cl2FN7O3. The monoisotopic (exact) mass is 793 g/mol. The number of likely N-dealkylation sites (tertiary alicyclic amines) is 1. The van der Waals surface area contributed by atoms with Crippen molar-refractivity contribution in [1.29, 1.82) is 5.26 Å². The Kier molecular flexibility index (Phi) is 8.90. The highest BCUT2D eigenvalue weighted by atomic mass is 35.5. The third kappa shape index (κ3) is 5.82. The van der Waals surface area contributed by atoms with Gasteiger partial charge in [-0.15, -0.1) is 0 Å². The fourth-order valence-electron chi connectivity index (χ4n) is 9.70. The van der Waals surface area contributed by atoms with Crippen LogP contribution in [0, 0.1) is 35.9 Å². The Morgan fingerprint density at radius 2 is 1.93 bits per heavy atom. The maximum Gasteiger partial charge on any atom is 0.226 e. The molecule has 288 valence electrons. The van der Waals surface area contributed by atoms with Gasteiger partial charge in [0.2, 0.25) is 11.8 Å². The largest absolute Gasteiger partial charge is 0.472 e. The van der Waals surface area contributed by atoms with Gasteiger partial charge >= 0.3 is 0 Å². The third-order valence-corrected chi connectivity index (χ3v) is 13.6. The minimum atomic E-state index is -0.487. The van der Waals surface area contributed by atoms with Gasteiger partial charge in [-0.1, -0.05) is 35.3 Å². The van der Waals surface area contributed by atoms with E-state index in [1.165, 1.54) is 0 Å². The number of aryl methyl sites for hydroxylation is 2. The number of hydrogen-bond acceptors (Lipinski definition) is 8. The van der Waals surface area contributed by atoms with Crippen LogP contribution in [0.4, 0.5) is 10.1 Å². The Labute approximate surface area is 334 Å². The summed E-state index contributed by atoms with van der Waals surface area (Å²) in [5, 5.41) is 15.6. The van der Waals surface area contributed by atoms with Crippen molar-refractivity contribution in [3.05, 3.63) is 81.5 Å². The number of carbonyl (C=O) groups excluding carboxylic acids is 1. The standard InChI is InChI=1S/C43H42Cl2FN7O3/c1-22-30-17-35(34-16-27(21-52(34)43(54)23-8-9-23)56-36-15-26(10-12-48-36)51-19-28(20-51)55-2)53(41-25-14-33(41)49-18-25)42(30)31-13-24(5-4-11-47)37(39(46)40(31)50-22)29-6-3-7-32(44)38(29)45/h3,6-7,10,12-13,15,17,23,25,27-28,33-34,41,49H,4-5,8-9,14,16,18-21H2,1-2H3/t25-,27+,33-,34-,41+/m1/s1. The molecule has 4 aliphatic heterocycles. The normalized spacial score (nSPS) is 24.5. The summed E-state index contributed by atoms with van der Waals surface area (Å²) in [5.74, 6) is 0.636. The summed E-state index contributed by atoms with van der Waals surface area (Å²) in [5.41, 5.74) is 5.37. The number of nitrogens with one attached hydrogen (secondary N) is 1. The molecule has 2 aliphatic carbocycles. The van der Waals surface area contributed by atoms with Crippen molar-refractivity contribution in [2.75, 3.05) is 38.2 Å². The lowest BCUT2D eigenvalue weighted by atomic mass is 9.79. The zero-order valence-electron chi connectivity index (χ0n) is 31.3. The predicted octanol–water partition coefficient (Wildman–Crippen LogP) is 7.96. The van der Waals surface area contributed by atoms with E-state index in [1.54, 1.807) is 31.5 Å². The van der Waals surface area contributed by atoms with Crippen LogP contribution in [-0.4, -0.2) is 76.9 Å². The van der Waals surface area contributed by atoms with Crippen LogP contribution in [0.25, 0.3) is 32.9 Å². The maximum absolute atomic E-state index is 17.3. The quantitative estimate of drug-likeness (QED) is 0.152. The summed E-state index contributed by atoms with van der Waals surface area (Å²) in [6.45, 7) is 4.92. The van der Waals surface area contributed by atoms with Crippen molar-refractivity contribution in [2.24, 2.45) is 11.8 Å². The SMILES string of the molecule is COC1CN(c2ccnc(O[C@H]3C[C@H](c4cc5c(C)nc6c(F)c(-c7cccc(Cl)c7Cl)c(CCC#N)cc6c5n4[C@H]4[C@H]5CN[C@@H]4C5)N(C(=O)C4CC4)C3)c2)C1. The third-order valence-electron chi connectivity index (χ3n) is 12.8. The Balaban J connectivity index is 1.11. The Morgan fingerprint density at radius 3 is 2.66 bits per heavy atom. The summed E-state index contributed by atoms with van der Waals surface area (Å²) < 4.78 is 31.8. The molecule has 6 aliphatic rings. The van der Waals surface area contributed by atoms with E-state index in [4.69, 9.17) is 37.7 Å². The number of pyridine rings is 2. The Morgan fingerprint density at radius 1 is 1.09 bits per heavy atom. The fraction of sp³-hybridized carbons (Fsp3) is 0.442. The molecule has 2 aromatic carbocycles. The number of benzene rings is 2. The number of halogens is 3. The highest BCUT2D eigenvalue weighted by molar-refractivity contribution is 6.43. The van der Waals surface area contributed by atoms with E-state index >= 15 is 4.39 Å². The molecule has 2 saturated carbocycles. The van der Waals surface area contributed by atoms with Gasteiger partial charge in [-0.05, 0) is 68.4 Å². The van der Waals surface area contributed by atoms with Crippen LogP contribution in [0.1, 0.15) is 61.1 Å². The first-order valence-electron chi connectivity index (χ1n) is 19.6. The van der Waals surface area contributed by atoms with Crippen LogP contribution in [0.3, 0.4) is 0 Å². The van der Waals surface area contributed by atoms with Gasteiger partial charge in [0, 0.05) is 103 Å². The molecule has 13 heteroatoms. The van der Waals surface area contributed by atoms with Crippen LogP contribution >= 0.6 is 23.2 Å². The molecular weight excluding hydrogens is 752 g/mol. The molecule has 5 atom stereocenters. The number of rotatable bonds is 10. The molecule has 5 aromatic rings. The second kappa shape index (κ2) is 13.9. The van der Waals surface area contributed by atoms with Crippen molar-refractivity contribution in [3.63, 3.8) is 0 Å². The van der Waals surface area contributed by atoms with Crippen LogP contribution in [-0.2, 0) is 16.0 Å². The molecule has 0 radical (unpaired) electrons. The lowest BCUT2D eigenvalue weighted by Crippen LogP contribution is -2.51. The number of fused-ring (bicyclic) bond motifs is 4. The Bertz CT molecular complexity index is 2440. The van der Waals surface area contributed by atoms with E-state index < -0.39 is 5.82 Å². The maximum atomic E-state index is 17.3. The van der Waals surface area contributed by atoms with Gasteiger partial charge in [-0.2, -0.15) is 5.26 Å². The van der Waals surface area contributed by atoms with E-state index in [0.717, 1.165) is 61.2 Å². The van der Waals surface area contributed by atoms with E-state index in [2.05, 4.69) is 31.9 Å². The summed E-state index contributed by atoms with van der Waals surface area (Å²) in [7, 11) is 1.74. The average Bonchev–Trinajstić information content (AvgIpc) is 3.45. The molecule has 0 unspecified atom stereocenters. The minimum Gasteiger partial charge on any atom is -0.472 e. The molecule has 1 N–H and O–H groups in total. The first-order chi connectivity index (χ1) is 27.2. The van der Waals surface area contributed by atoms with Crippen molar-refractivity contribution in [3.8, 4) is 23.1 Å². The second-order valence-electron chi connectivity index (χ2n) is 16.2. The van der Waals surface area contributed by atoms with Crippen molar-refractivity contribution in [2.45, 2.75) is 75.8 Å². The van der Waals surface area contributed by atoms with Crippen molar-refractivity contribution < 1.29 is 18.7 Å². The molecule has 2 bridgehead atoms. The average molecular weight is 795 g/mol. The molecule has 1 amide bonds. The molecule has 3 aromatic heterocycles. The smallest absolute Gasteiger partial charge is 0.226 e. The lowest BCUT2D eigenvalue weighted by Gasteiger charge is -2.39. The number of carbonyl (C=O) groups is 1. The number of amides is 1. The number of anilines is 1. The van der Waals surface area contributed by atoms with Gasteiger partial charge in [0.1, 0.15) is 11.6 Å². The van der Waals surface area contributed by atoms with Gasteiger partial charge in [-0.25, -0.2) is 14.4 Å². The first-order valence-corrected chi connectivity index (χ1v) is 20.4. The first kappa shape index (κ1) is 35.9. The zero-order chi connectivity index (χ0) is 38.4. The molecule has 10 nitrogen and oxygen atoms in total. The van der Waals surface area contributed by atoms with Gasteiger partial charge in [0.05, 0.1) is 46.4 Å². The minimum absolute atomic E-state index is 0.0231. The summed E-state index contributed by atoms with van der Waals surface area (Å²) in [6.07, 6.45) is 5.70. The van der Waals surface area contributed by atoms with Gasteiger partial charge in [0.15, 0.2) is 5.82 Å². The van der Waals surface area contributed by atoms with Crippen LogP contribution < -0.4 is 15.0 Å². The van der Waals surface area contributed by atoms with E-state index in [0.29, 0.717) is 64.0 Å². The van der Waals surface area contributed by atoms with E-state index in [-0.39, 0.29) is 59.1 Å². The second-order valence-corrected chi connectivity index (χ2v) is 16.9. The fourth-order valence-corrected chi connectivity index (χ4v) is 10.1. The van der Waals surface area contributed by atoms with Gasteiger partial charge in [0.25, 0.3) is 0 Å². The van der Waals surface area contributed by atoms with E-state index in [9.17, 15) is 10.1 Å². The molecule has 7 heterocycles. The molecule has 56 heavy (non-hydrogen) atoms. The number of nitrogens with zero attached hydrogens (tertiary/aromatic N) is 6. The van der Waals surface area contributed by atoms with Crippen LogP contribution in [0.5, 0.6) is 5.88 Å². The summed E-state index contributed by atoms with van der Waals surface area (Å²) in [6, 6.07) is 15.7. The number of methoxy groups -OCH3 is 1. The highest BCUT2D eigenvalue weighted by Crippen LogP contribution is 2.51. The summed E-state index contributed by atoms with van der Waals surface area (Å²) >= 11 is 13.2. The van der Waals surface area contributed by atoms with Crippen molar-refractivity contribution in [1.82, 2.24) is 24.8 Å². The van der Waals surface area contributed by atoms with Gasteiger partial charge in [-0.3, -0.25) is 4.79 Å². The summed E-state index contributed by atoms with van der Waals surface area (Å²) in [4.78, 5) is 27.9. The predicted molar refractivity (Wildman–Crippen MR) is 214 cm³/mol.